The lowest BCUT2D eigenvalue weighted by Crippen LogP contribution is -2.30. The van der Waals surface area contributed by atoms with E-state index >= 15 is 0 Å². The van der Waals surface area contributed by atoms with Crippen LogP contribution in [0, 0.1) is 6.92 Å². The molecule has 1 aromatic carbocycles. The zero-order valence-corrected chi connectivity index (χ0v) is 9.47. The van der Waals surface area contributed by atoms with Crippen molar-refractivity contribution in [2.75, 3.05) is 7.11 Å². The van der Waals surface area contributed by atoms with Crippen molar-refractivity contribution in [3.8, 4) is 5.75 Å². The molecule has 0 bridgehead atoms. The fourth-order valence-electron chi connectivity index (χ4n) is 1.23. The first-order valence-corrected chi connectivity index (χ1v) is 5.88. The smallest absolute Gasteiger partial charge is 0.274 e. The van der Waals surface area contributed by atoms with E-state index in [1.807, 2.05) is 13.0 Å². The molecule has 0 saturated heterocycles. The largest absolute Gasteiger partial charge is 0.496 e. The predicted molar refractivity (Wildman–Crippen MR) is 57.7 cm³/mol. The first-order valence-electron chi connectivity index (χ1n) is 4.33. The number of hydrogen-bond donors (Lipinski definition) is 2. The van der Waals surface area contributed by atoms with E-state index in [4.69, 9.17) is 9.88 Å². The van der Waals surface area contributed by atoms with Crippen molar-refractivity contribution in [2.24, 2.45) is 5.14 Å². The summed E-state index contributed by atoms with van der Waals surface area (Å²) in [5.74, 6) is 0.773. The average molecular weight is 230 g/mol. The summed E-state index contributed by atoms with van der Waals surface area (Å²) in [6.07, 6.45) is 0. The summed E-state index contributed by atoms with van der Waals surface area (Å²) in [4.78, 5) is 0. The van der Waals surface area contributed by atoms with Crippen LogP contribution in [0.25, 0.3) is 0 Å². The molecule has 6 heteroatoms. The van der Waals surface area contributed by atoms with E-state index < -0.39 is 10.2 Å². The van der Waals surface area contributed by atoms with E-state index in [0.29, 0.717) is 0 Å². The maximum atomic E-state index is 10.7. The minimum absolute atomic E-state index is 0.184. The minimum Gasteiger partial charge on any atom is -0.496 e. The Morgan fingerprint density at radius 3 is 2.60 bits per heavy atom. The molecule has 0 atom stereocenters. The molecule has 0 fully saturated rings. The van der Waals surface area contributed by atoms with Gasteiger partial charge < -0.3 is 4.74 Å². The fourth-order valence-corrected chi connectivity index (χ4v) is 1.60. The van der Waals surface area contributed by atoms with Gasteiger partial charge in [-0.3, -0.25) is 0 Å². The Morgan fingerprint density at radius 1 is 1.47 bits per heavy atom. The summed E-state index contributed by atoms with van der Waals surface area (Å²) in [5.41, 5.74) is 1.79. The molecule has 0 aliphatic heterocycles. The quantitative estimate of drug-likeness (QED) is 0.780. The van der Waals surface area contributed by atoms with Crippen molar-refractivity contribution in [3.05, 3.63) is 29.3 Å². The summed E-state index contributed by atoms with van der Waals surface area (Å²) in [5, 5.41) is 4.81. The standard InChI is InChI=1S/C9H14N2O3S/c1-7-5-8(3-4-9(7)14-2)6-11-15(10,12)13/h3-5,11H,6H2,1-2H3,(H2,10,12,13). The highest BCUT2D eigenvalue weighted by atomic mass is 32.2. The molecule has 0 aromatic heterocycles. The zero-order chi connectivity index (χ0) is 11.5. The lowest BCUT2D eigenvalue weighted by molar-refractivity contribution is 0.411. The number of benzene rings is 1. The highest BCUT2D eigenvalue weighted by molar-refractivity contribution is 7.87. The number of nitrogens with two attached hydrogens (primary N) is 1. The van der Waals surface area contributed by atoms with E-state index in [0.717, 1.165) is 16.9 Å². The second-order valence-corrected chi connectivity index (χ2v) is 4.55. The summed E-state index contributed by atoms with van der Waals surface area (Å²) in [6.45, 7) is 2.07. The third-order valence-electron chi connectivity index (χ3n) is 1.94. The Labute approximate surface area is 89.4 Å². The van der Waals surface area contributed by atoms with Gasteiger partial charge in [-0.15, -0.1) is 0 Å². The van der Waals surface area contributed by atoms with Crippen LogP contribution in [0.15, 0.2) is 18.2 Å². The third kappa shape index (κ3) is 3.86. The first-order chi connectivity index (χ1) is 6.92. The maximum absolute atomic E-state index is 10.7. The van der Waals surface area contributed by atoms with Crippen LogP contribution in [0.1, 0.15) is 11.1 Å². The van der Waals surface area contributed by atoms with Gasteiger partial charge in [0.1, 0.15) is 5.75 Å². The van der Waals surface area contributed by atoms with Crippen molar-refractivity contribution in [1.82, 2.24) is 4.72 Å². The summed E-state index contributed by atoms with van der Waals surface area (Å²) in [7, 11) is -2.04. The highest BCUT2D eigenvalue weighted by Gasteiger charge is 2.03. The Hall–Kier alpha value is -1.11. The Bertz CT molecular complexity index is 443. The number of aryl methyl sites for hydroxylation is 1. The van der Waals surface area contributed by atoms with Crippen LogP contribution in [-0.2, 0) is 16.8 Å². The van der Waals surface area contributed by atoms with Gasteiger partial charge in [-0.05, 0) is 24.1 Å². The van der Waals surface area contributed by atoms with Crippen molar-refractivity contribution >= 4 is 10.2 Å². The molecular formula is C9H14N2O3S. The van der Waals surface area contributed by atoms with Crippen molar-refractivity contribution in [2.45, 2.75) is 13.5 Å². The molecule has 0 saturated carbocycles. The molecule has 0 unspecified atom stereocenters. The minimum atomic E-state index is -3.63. The Kier molecular flexibility index (Phi) is 3.67. The SMILES string of the molecule is COc1ccc(CNS(N)(=O)=O)cc1C. The molecule has 1 aromatic rings. The van der Waals surface area contributed by atoms with Crippen molar-refractivity contribution in [1.29, 1.82) is 0 Å². The molecule has 0 amide bonds. The molecule has 0 spiro atoms. The van der Waals surface area contributed by atoms with Gasteiger partial charge in [-0.1, -0.05) is 12.1 Å². The zero-order valence-electron chi connectivity index (χ0n) is 8.65. The van der Waals surface area contributed by atoms with Gasteiger partial charge in [0, 0.05) is 6.54 Å². The lowest BCUT2D eigenvalue weighted by atomic mass is 10.1. The number of hydrogen-bond acceptors (Lipinski definition) is 3. The number of ether oxygens (including phenoxy) is 1. The normalized spacial score (nSPS) is 11.4. The van der Waals surface area contributed by atoms with Crippen LogP contribution in [0.5, 0.6) is 5.75 Å². The number of rotatable bonds is 4. The molecule has 3 N–H and O–H groups in total. The van der Waals surface area contributed by atoms with Crippen LogP contribution >= 0.6 is 0 Å². The summed E-state index contributed by atoms with van der Waals surface area (Å²) >= 11 is 0. The third-order valence-corrected chi connectivity index (χ3v) is 2.48. The van der Waals surface area contributed by atoms with E-state index in [1.165, 1.54) is 0 Å². The van der Waals surface area contributed by atoms with Crippen molar-refractivity contribution < 1.29 is 13.2 Å². The predicted octanol–water partition coefficient (Wildman–Crippen LogP) is 0.297. The van der Waals surface area contributed by atoms with Gasteiger partial charge in [0.25, 0.3) is 10.2 Å². The maximum Gasteiger partial charge on any atom is 0.274 e. The number of nitrogens with one attached hydrogen (secondary N) is 1. The molecule has 0 aliphatic carbocycles. The molecule has 0 aliphatic rings. The molecular weight excluding hydrogens is 216 g/mol. The van der Waals surface area contributed by atoms with Gasteiger partial charge >= 0.3 is 0 Å². The van der Waals surface area contributed by atoms with Crippen molar-refractivity contribution in [3.63, 3.8) is 0 Å². The second kappa shape index (κ2) is 4.61. The molecule has 15 heavy (non-hydrogen) atoms. The Morgan fingerprint density at radius 2 is 2.13 bits per heavy atom. The van der Waals surface area contributed by atoms with E-state index in [9.17, 15) is 8.42 Å². The van der Waals surface area contributed by atoms with E-state index in [1.54, 1.807) is 19.2 Å². The first kappa shape index (κ1) is 12.0. The monoisotopic (exact) mass is 230 g/mol. The van der Waals surface area contributed by atoms with Crippen LogP contribution < -0.4 is 14.6 Å². The Balaban J connectivity index is 2.76. The summed E-state index contributed by atoms with van der Waals surface area (Å²) < 4.78 is 28.6. The molecule has 1 rings (SSSR count). The van der Waals surface area contributed by atoms with Gasteiger partial charge in [-0.2, -0.15) is 13.1 Å². The second-order valence-electron chi connectivity index (χ2n) is 3.17. The van der Waals surface area contributed by atoms with Gasteiger partial charge in [0.05, 0.1) is 7.11 Å². The van der Waals surface area contributed by atoms with E-state index in [-0.39, 0.29) is 6.54 Å². The molecule has 5 nitrogen and oxygen atoms in total. The van der Waals surface area contributed by atoms with Gasteiger partial charge in [0.2, 0.25) is 0 Å². The van der Waals surface area contributed by atoms with Crippen LogP contribution in [-0.4, -0.2) is 15.5 Å². The average Bonchev–Trinajstić information content (AvgIpc) is 2.14. The van der Waals surface area contributed by atoms with Crippen LogP contribution in [0.4, 0.5) is 0 Å². The van der Waals surface area contributed by atoms with E-state index in [2.05, 4.69) is 4.72 Å². The fraction of sp³-hybridized carbons (Fsp3) is 0.333. The topological polar surface area (TPSA) is 81.4 Å². The molecule has 0 heterocycles. The van der Waals surface area contributed by atoms with Gasteiger partial charge in [-0.25, -0.2) is 5.14 Å². The lowest BCUT2D eigenvalue weighted by Gasteiger charge is -2.07. The van der Waals surface area contributed by atoms with Gasteiger partial charge in [0.15, 0.2) is 0 Å². The molecule has 0 radical (unpaired) electrons. The highest BCUT2D eigenvalue weighted by Crippen LogP contribution is 2.18. The summed E-state index contributed by atoms with van der Waals surface area (Å²) in [6, 6.07) is 5.41. The van der Waals surface area contributed by atoms with Crippen LogP contribution in [0.3, 0.4) is 0 Å². The number of methoxy groups -OCH3 is 1. The van der Waals surface area contributed by atoms with Crippen LogP contribution in [0.2, 0.25) is 0 Å². The molecule has 84 valence electrons.